The minimum atomic E-state index is 0.818. The topological polar surface area (TPSA) is 3.24 Å². The summed E-state index contributed by atoms with van der Waals surface area (Å²) in [6.45, 7) is 4.63. The molecule has 0 unspecified atom stereocenters. The standard InChI is InChI=1S/C9H19N/c1-4-9-7-5-6-8(2)10(9)3/h8-9H,4-7H2,1-3H3/t8-,9+/m1/s1. The molecule has 1 aliphatic rings. The van der Waals surface area contributed by atoms with Gasteiger partial charge < -0.3 is 4.90 Å². The Labute approximate surface area is 64.4 Å². The highest BCUT2D eigenvalue weighted by Gasteiger charge is 2.22. The molecule has 1 rings (SSSR count). The van der Waals surface area contributed by atoms with E-state index in [1.165, 1.54) is 25.7 Å². The van der Waals surface area contributed by atoms with Gasteiger partial charge in [0.25, 0.3) is 0 Å². The molecule has 0 aromatic carbocycles. The lowest BCUT2D eigenvalue weighted by molar-refractivity contribution is 0.123. The zero-order chi connectivity index (χ0) is 7.56. The summed E-state index contributed by atoms with van der Waals surface area (Å²) in [5, 5.41) is 0. The molecule has 1 heteroatoms. The maximum Gasteiger partial charge on any atom is 0.00924 e. The van der Waals surface area contributed by atoms with E-state index in [1.807, 2.05) is 0 Å². The third-order valence-electron chi connectivity index (χ3n) is 2.90. The van der Waals surface area contributed by atoms with Crippen molar-refractivity contribution in [2.45, 2.75) is 51.6 Å². The van der Waals surface area contributed by atoms with E-state index in [0.29, 0.717) is 0 Å². The van der Waals surface area contributed by atoms with Crippen molar-refractivity contribution in [2.24, 2.45) is 0 Å². The summed E-state index contributed by atoms with van der Waals surface area (Å²) in [6, 6.07) is 1.68. The average molecular weight is 141 g/mol. The predicted octanol–water partition coefficient (Wildman–Crippen LogP) is 2.27. The van der Waals surface area contributed by atoms with Crippen molar-refractivity contribution < 1.29 is 0 Å². The monoisotopic (exact) mass is 141 g/mol. The van der Waals surface area contributed by atoms with E-state index < -0.39 is 0 Å². The van der Waals surface area contributed by atoms with Crippen molar-refractivity contribution in [2.75, 3.05) is 7.05 Å². The molecule has 0 radical (unpaired) electrons. The third kappa shape index (κ3) is 1.51. The number of piperidine rings is 1. The highest BCUT2D eigenvalue weighted by molar-refractivity contribution is 4.78. The van der Waals surface area contributed by atoms with Gasteiger partial charge in [-0.25, -0.2) is 0 Å². The first kappa shape index (κ1) is 8.06. The zero-order valence-electron chi connectivity index (χ0n) is 7.43. The van der Waals surface area contributed by atoms with Crippen LogP contribution in [0, 0.1) is 0 Å². The van der Waals surface area contributed by atoms with Crippen molar-refractivity contribution in [3.63, 3.8) is 0 Å². The molecule has 0 aromatic heterocycles. The Balaban J connectivity index is 2.42. The summed E-state index contributed by atoms with van der Waals surface area (Å²) in [5.41, 5.74) is 0. The van der Waals surface area contributed by atoms with Gasteiger partial charge in [-0.05, 0) is 33.2 Å². The van der Waals surface area contributed by atoms with Crippen LogP contribution in [0.5, 0.6) is 0 Å². The Morgan fingerprint density at radius 1 is 1.40 bits per heavy atom. The molecule has 1 heterocycles. The highest BCUT2D eigenvalue weighted by Crippen LogP contribution is 2.22. The Bertz CT molecular complexity index is 101. The Hall–Kier alpha value is -0.0400. The van der Waals surface area contributed by atoms with E-state index in [0.717, 1.165) is 12.1 Å². The van der Waals surface area contributed by atoms with Crippen LogP contribution in [0.15, 0.2) is 0 Å². The fraction of sp³-hybridized carbons (Fsp3) is 1.00. The number of hydrogen-bond donors (Lipinski definition) is 0. The van der Waals surface area contributed by atoms with Crippen LogP contribution in [0.25, 0.3) is 0 Å². The number of rotatable bonds is 1. The van der Waals surface area contributed by atoms with Gasteiger partial charge in [0.1, 0.15) is 0 Å². The molecule has 0 bridgehead atoms. The molecule has 0 aromatic rings. The summed E-state index contributed by atoms with van der Waals surface area (Å²) in [6.07, 6.45) is 5.56. The molecular weight excluding hydrogens is 122 g/mol. The minimum Gasteiger partial charge on any atom is -0.301 e. The van der Waals surface area contributed by atoms with Crippen molar-refractivity contribution >= 4 is 0 Å². The lowest BCUT2D eigenvalue weighted by Gasteiger charge is -2.37. The van der Waals surface area contributed by atoms with Gasteiger partial charge in [-0.1, -0.05) is 13.3 Å². The fourth-order valence-electron chi connectivity index (χ4n) is 1.91. The van der Waals surface area contributed by atoms with Crippen LogP contribution < -0.4 is 0 Å². The normalized spacial score (nSPS) is 36.3. The second kappa shape index (κ2) is 3.38. The van der Waals surface area contributed by atoms with Crippen LogP contribution in [0.3, 0.4) is 0 Å². The largest absolute Gasteiger partial charge is 0.301 e. The van der Waals surface area contributed by atoms with E-state index in [-0.39, 0.29) is 0 Å². The van der Waals surface area contributed by atoms with Crippen LogP contribution in [-0.2, 0) is 0 Å². The second-order valence-electron chi connectivity index (χ2n) is 3.51. The Kier molecular flexibility index (Phi) is 2.72. The van der Waals surface area contributed by atoms with Crippen molar-refractivity contribution in [1.29, 1.82) is 0 Å². The van der Waals surface area contributed by atoms with Gasteiger partial charge in [0, 0.05) is 12.1 Å². The average Bonchev–Trinajstić information content (AvgIpc) is 1.95. The summed E-state index contributed by atoms with van der Waals surface area (Å²) in [4.78, 5) is 2.53. The molecule has 2 atom stereocenters. The van der Waals surface area contributed by atoms with Gasteiger partial charge >= 0.3 is 0 Å². The smallest absolute Gasteiger partial charge is 0.00924 e. The van der Waals surface area contributed by atoms with Gasteiger partial charge in [0.2, 0.25) is 0 Å². The number of nitrogens with zero attached hydrogens (tertiary/aromatic N) is 1. The second-order valence-corrected chi connectivity index (χ2v) is 3.51. The molecule has 0 saturated carbocycles. The van der Waals surface area contributed by atoms with E-state index in [2.05, 4.69) is 25.8 Å². The molecule has 1 aliphatic heterocycles. The third-order valence-corrected chi connectivity index (χ3v) is 2.90. The molecule has 1 nitrogen and oxygen atoms in total. The van der Waals surface area contributed by atoms with E-state index in [4.69, 9.17) is 0 Å². The van der Waals surface area contributed by atoms with Gasteiger partial charge in [-0.15, -0.1) is 0 Å². The van der Waals surface area contributed by atoms with Crippen molar-refractivity contribution in [3.05, 3.63) is 0 Å². The predicted molar refractivity (Wildman–Crippen MR) is 45.2 cm³/mol. The van der Waals surface area contributed by atoms with E-state index in [1.54, 1.807) is 0 Å². The number of hydrogen-bond acceptors (Lipinski definition) is 1. The first-order chi connectivity index (χ1) is 4.75. The lowest BCUT2D eigenvalue weighted by Crippen LogP contribution is -2.41. The van der Waals surface area contributed by atoms with Crippen LogP contribution in [0.4, 0.5) is 0 Å². The zero-order valence-corrected chi connectivity index (χ0v) is 7.43. The molecule has 60 valence electrons. The van der Waals surface area contributed by atoms with E-state index >= 15 is 0 Å². The molecule has 0 N–H and O–H groups in total. The van der Waals surface area contributed by atoms with Crippen LogP contribution >= 0.6 is 0 Å². The molecular formula is C9H19N. The van der Waals surface area contributed by atoms with E-state index in [9.17, 15) is 0 Å². The molecule has 1 fully saturated rings. The Morgan fingerprint density at radius 3 is 2.60 bits per heavy atom. The summed E-state index contributed by atoms with van der Waals surface area (Å²) in [7, 11) is 2.26. The summed E-state index contributed by atoms with van der Waals surface area (Å²) in [5.74, 6) is 0. The molecule has 0 amide bonds. The lowest BCUT2D eigenvalue weighted by atomic mass is 9.96. The first-order valence-electron chi connectivity index (χ1n) is 4.47. The summed E-state index contributed by atoms with van der Waals surface area (Å²) >= 11 is 0. The maximum absolute atomic E-state index is 2.53. The van der Waals surface area contributed by atoms with Crippen molar-refractivity contribution in [1.82, 2.24) is 4.90 Å². The van der Waals surface area contributed by atoms with Crippen LogP contribution in [0.2, 0.25) is 0 Å². The van der Waals surface area contributed by atoms with Gasteiger partial charge in [-0.3, -0.25) is 0 Å². The van der Waals surface area contributed by atoms with Crippen LogP contribution in [-0.4, -0.2) is 24.0 Å². The Morgan fingerprint density at radius 2 is 2.10 bits per heavy atom. The maximum atomic E-state index is 2.53. The van der Waals surface area contributed by atoms with Crippen molar-refractivity contribution in [3.8, 4) is 0 Å². The minimum absolute atomic E-state index is 0.818. The molecule has 0 spiro atoms. The fourth-order valence-corrected chi connectivity index (χ4v) is 1.91. The molecule has 10 heavy (non-hydrogen) atoms. The quantitative estimate of drug-likeness (QED) is 0.541. The van der Waals surface area contributed by atoms with Gasteiger partial charge in [0.05, 0.1) is 0 Å². The van der Waals surface area contributed by atoms with Crippen LogP contribution in [0.1, 0.15) is 39.5 Å². The first-order valence-corrected chi connectivity index (χ1v) is 4.47. The summed E-state index contributed by atoms with van der Waals surface area (Å²) < 4.78 is 0. The molecule has 0 aliphatic carbocycles. The van der Waals surface area contributed by atoms with Gasteiger partial charge in [-0.2, -0.15) is 0 Å². The SMILES string of the molecule is CC[C@H]1CCC[C@@H](C)N1C. The highest BCUT2D eigenvalue weighted by atomic mass is 15.2. The van der Waals surface area contributed by atoms with Gasteiger partial charge in [0.15, 0.2) is 0 Å². The number of likely N-dealkylation sites (tertiary alicyclic amines) is 1. The molecule has 1 saturated heterocycles.